The van der Waals surface area contributed by atoms with Gasteiger partial charge in [0, 0.05) is 24.2 Å². The third-order valence-electron chi connectivity index (χ3n) is 5.64. The van der Waals surface area contributed by atoms with E-state index in [0.29, 0.717) is 29.2 Å². The van der Waals surface area contributed by atoms with Gasteiger partial charge in [0.2, 0.25) is 5.91 Å². The topological polar surface area (TPSA) is 84.7 Å². The molecule has 32 heavy (non-hydrogen) atoms. The largest absolute Gasteiger partial charge is 0.457 e. The van der Waals surface area contributed by atoms with E-state index < -0.39 is 5.91 Å². The van der Waals surface area contributed by atoms with Crippen molar-refractivity contribution in [1.82, 2.24) is 10.2 Å². The zero-order valence-electron chi connectivity index (χ0n) is 17.9. The Morgan fingerprint density at radius 1 is 0.812 bits per heavy atom. The van der Waals surface area contributed by atoms with Gasteiger partial charge in [-0.15, -0.1) is 0 Å². The maximum absolute atomic E-state index is 12.6. The molecule has 1 aliphatic heterocycles. The molecule has 3 N–H and O–H groups in total. The van der Waals surface area contributed by atoms with Gasteiger partial charge >= 0.3 is 0 Å². The number of carbonyl (C=O) groups excluding carboxylic acids is 2. The maximum atomic E-state index is 12.6. The maximum Gasteiger partial charge on any atom is 0.251 e. The summed E-state index contributed by atoms with van der Waals surface area (Å²) in [7, 11) is 0. The third kappa shape index (κ3) is 5.53. The summed E-state index contributed by atoms with van der Waals surface area (Å²) in [6.45, 7) is 3.71. The van der Waals surface area contributed by atoms with Crippen LogP contribution >= 0.6 is 0 Å². The smallest absolute Gasteiger partial charge is 0.251 e. The van der Waals surface area contributed by atoms with Crippen LogP contribution in [0.1, 0.15) is 44.7 Å². The molecule has 1 saturated heterocycles. The number of rotatable bonds is 8. The van der Waals surface area contributed by atoms with Crippen LogP contribution in [0.25, 0.3) is 0 Å². The van der Waals surface area contributed by atoms with Gasteiger partial charge in [0.05, 0.1) is 0 Å². The minimum atomic E-state index is -0.481. The summed E-state index contributed by atoms with van der Waals surface area (Å²) in [6, 6.07) is 21.8. The molecule has 0 aromatic heterocycles. The van der Waals surface area contributed by atoms with E-state index in [1.165, 1.54) is 18.4 Å². The summed E-state index contributed by atoms with van der Waals surface area (Å²) in [4.78, 5) is 26.3. The Morgan fingerprint density at radius 2 is 1.38 bits per heavy atom. The van der Waals surface area contributed by atoms with Crippen molar-refractivity contribution in [3.8, 4) is 11.5 Å². The number of benzene rings is 3. The Bertz CT molecular complexity index is 1070. The predicted molar refractivity (Wildman–Crippen MR) is 124 cm³/mol. The fourth-order valence-corrected chi connectivity index (χ4v) is 3.84. The molecule has 1 fully saturated rings. The monoisotopic (exact) mass is 429 g/mol. The number of nitrogens with zero attached hydrogens (tertiary/aromatic N) is 1. The highest BCUT2D eigenvalue weighted by Crippen LogP contribution is 2.22. The fraction of sp³-hybridized carbons (Fsp3) is 0.231. The molecule has 1 heterocycles. The Balaban J connectivity index is 1.34. The van der Waals surface area contributed by atoms with Crippen LogP contribution in [0.15, 0.2) is 72.8 Å². The minimum Gasteiger partial charge on any atom is -0.457 e. The number of carbonyl (C=O) groups is 2. The fourth-order valence-electron chi connectivity index (χ4n) is 3.84. The predicted octanol–water partition coefficient (Wildman–Crippen LogP) is 4.10. The molecule has 2 amide bonds. The van der Waals surface area contributed by atoms with Crippen LogP contribution in [0.3, 0.4) is 0 Å². The number of nitrogens with one attached hydrogen (secondary N) is 1. The Hall–Kier alpha value is -3.64. The number of ether oxygens (including phenoxy) is 1. The van der Waals surface area contributed by atoms with Crippen molar-refractivity contribution in [3.63, 3.8) is 0 Å². The molecular formula is C26H27N3O3. The minimum absolute atomic E-state index is 0.127. The van der Waals surface area contributed by atoms with E-state index in [9.17, 15) is 9.59 Å². The van der Waals surface area contributed by atoms with Gasteiger partial charge in [0.25, 0.3) is 5.91 Å². The van der Waals surface area contributed by atoms with Crippen LogP contribution in [0.5, 0.6) is 11.5 Å². The number of hydrogen-bond acceptors (Lipinski definition) is 4. The first-order chi connectivity index (χ1) is 15.6. The zero-order chi connectivity index (χ0) is 22.3. The van der Waals surface area contributed by atoms with Crippen LogP contribution < -0.4 is 15.8 Å². The Morgan fingerprint density at radius 3 is 1.97 bits per heavy atom. The lowest BCUT2D eigenvalue weighted by atomic mass is 10.1. The number of amides is 2. The van der Waals surface area contributed by atoms with Gasteiger partial charge < -0.3 is 15.8 Å². The molecule has 6 heteroatoms. The lowest BCUT2D eigenvalue weighted by molar-refractivity contribution is 0.0949. The Labute approximate surface area is 188 Å². The molecule has 0 atom stereocenters. The summed E-state index contributed by atoms with van der Waals surface area (Å²) in [5, 5.41) is 3.02. The molecular weight excluding hydrogens is 402 g/mol. The molecule has 1 aliphatic rings. The number of hydrogen-bond donors (Lipinski definition) is 2. The van der Waals surface area contributed by atoms with Crippen LogP contribution in [0.2, 0.25) is 0 Å². The molecule has 0 radical (unpaired) electrons. The van der Waals surface area contributed by atoms with Crippen molar-refractivity contribution in [2.45, 2.75) is 25.9 Å². The van der Waals surface area contributed by atoms with E-state index >= 15 is 0 Å². The highest BCUT2D eigenvalue weighted by Gasteiger charge is 2.14. The molecule has 0 unspecified atom stereocenters. The SMILES string of the molecule is NC(=O)c1ccc(Oc2ccc(C(=O)NCc3ccccc3CN3CCCC3)cc2)cc1. The molecule has 0 spiro atoms. The molecule has 3 aromatic rings. The van der Waals surface area contributed by atoms with Crippen molar-refractivity contribution in [3.05, 3.63) is 95.1 Å². The standard InChI is InChI=1S/C26H27N3O3/c27-25(30)19-7-11-23(12-8-19)32-24-13-9-20(10-14-24)26(31)28-17-21-5-1-2-6-22(21)18-29-15-3-4-16-29/h1-2,5-14H,3-4,15-18H2,(H2,27,30)(H,28,31). The van der Waals surface area contributed by atoms with Crippen LogP contribution in [0, 0.1) is 0 Å². The molecule has 6 nitrogen and oxygen atoms in total. The average molecular weight is 430 g/mol. The first-order valence-electron chi connectivity index (χ1n) is 10.8. The summed E-state index contributed by atoms with van der Waals surface area (Å²) >= 11 is 0. The third-order valence-corrected chi connectivity index (χ3v) is 5.64. The highest BCUT2D eigenvalue weighted by molar-refractivity contribution is 5.94. The van der Waals surface area contributed by atoms with E-state index in [1.807, 2.05) is 6.07 Å². The van der Waals surface area contributed by atoms with Crippen molar-refractivity contribution < 1.29 is 14.3 Å². The van der Waals surface area contributed by atoms with Gasteiger partial charge in [0.1, 0.15) is 11.5 Å². The second-order valence-electron chi connectivity index (χ2n) is 7.95. The summed E-state index contributed by atoms with van der Waals surface area (Å²) in [5.41, 5.74) is 8.65. The van der Waals surface area contributed by atoms with Gasteiger partial charge in [-0.1, -0.05) is 24.3 Å². The Kier molecular flexibility index (Phi) is 6.82. The lowest BCUT2D eigenvalue weighted by Crippen LogP contribution is -2.25. The van der Waals surface area contributed by atoms with Crippen molar-refractivity contribution in [1.29, 1.82) is 0 Å². The lowest BCUT2D eigenvalue weighted by Gasteiger charge is -2.17. The first kappa shape index (κ1) is 21.6. The summed E-state index contributed by atoms with van der Waals surface area (Å²) in [6.07, 6.45) is 2.52. The molecule has 0 aliphatic carbocycles. The van der Waals surface area contributed by atoms with Crippen molar-refractivity contribution >= 4 is 11.8 Å². The molecule has 4 rings (SSSR count). The average Bonchev–Trinajstić information content (AvgIpc) is 3.32. The number of nitrogens with two attached hydrogens (primary N) is 1. The first-order valence-corrected chi connectivity index (χ1v) is 10.8. The zero-order valence-corrected chi connectivity index (χ0v) is 17.9. The van der Waals surface area contributed by atoms with E-state index in [1.54, 1.807) is 48.5 Å². The highest BCUT2D eigenvalue weighted by atomic mass is 16.5. The van der Waals surface area contributed by atoms with E-state index in [2.05, 4.69) is 28.4 Å². The van der Waals surface area contributed by atoms with Crippen LogP contribution in [0.4, 0.5) is 0 Å². The van der Waals surface area contributed by atoms with Crippen LogP contribution in [-0.2, 0) is 13.1 Å². The number of likely N-dealkylation sites (tertiary alicyclic amines) is 1. The molecule has 164 valence electrons. The summed E-state index contributed by atoms with van der Waals surface area (Å²) in [5.74, 6) is 0.579. The quantitative estimate of drug-likeness (QED) is 0.565. The van der Waals surface area contributed by atoms with E-state index in [4.69, 9.17) is 10.5 Å². The van der Waals surface area contributed by atoms with E-state index in [0.717, 1.165) is 25.2 Å². The van der Waals surface area contributed by atoms with Gasteiger partial charge in [-0.3, -0.25) is 14.5 Å². The van der Waals surface area contributed by atoms with Crippen molar-refractivity contribution in [2.75, 3.05) is 13.1 Å². The second-order valence-corrected chi connectivity index (χ2v) is 7.95. The van der Waals surface area contributed by atoms with Crippen LogP contribution in [-0.4, -0.2) is 29.8 Å². The molecule has 0 saturated carbocycles. The van der Waals surface area contributed by atoms with Gasteiger partial charge in [-0.25, -0.2) is 0 Å². The van der Waals surface area contributed by atoms with Gasteiger partial charge in [0.15, 0.2) is 0 Å². The van der Waals surface area contributed by atoms with Gasteiger partial charge in [-0.05, 0) is 85.6 Å². The summed E-state index contributed by atoms with van der Waals surface area (Å²) < 4.78 is 5.77. The van der Waals surface area contributed by atoms with Gasteiger partial charge in [-0.2, -0.15) is 0 Å². The molecule has 3 aromatic carbocycles. The number of primary amides is 1. The van der Waals surface area contributed by atoms with E-state index in [-0.39, 0.29) is 5.91 Å². The normalized spacial score (nSPS) is 13.6. The second kappa shape index (κ2) is 10.1. The molecule has 0 bridgehead atoms. The van der Waals surface area contributed by atoms with Crippen molar-refractivity contribution in [2.24, 2.45) is 5.73 Å².